The van der Waals surface area contributed by atoms with Crippen LogP contribution in [0.2, 0.25) is 0 Å². The molecule has 1 aliphatic rings. The predicted octanol–water partition coefficient (Wildman–Crippen LogP) is 5.22. The summed E-state index contributed by atoms with van der Waals surface area (Å²) in [5, 5.41) is 9.56. The SMILES string of the molecule is Cc1cn(Cc2ccc(F)cc2)c(C(=O)O)c1-c1ccco1.NC1CCCCC1. The number of carbonyl (C=O) groups is 1. The van der Waals surface area contributed by atoms with Crippen molar-refractivity contribution >= 4 is 5.97 Å². The Balaban J connectivity index is 0.000000290. The second-order valence-electron chi connectivity index (χ2n) is 7.47. The number of carboxylic acids is 1. The van der Waals surface area contributed by atoms with Gasteiger partial charge in [-0.15, -0.1) is 0 Å². The molecule has 1 fully saturated rings. The molecule has 154 valence electrons. The first-order valence-electron chi connectivity index (χ1n) is 9.92. The van der Waals surface area contributed by atoms with Gasteiger partial charge in [-0.25, -0.2) is 9.18 Å². The third-order valence-corrected chi connectivity index (χ3v) is 5.15. The molecule has 0 saturated heterocycles. The average Bonchev–Trinajstić information content (AvgIpc) is 3.32. The van der Waals surface area contributed by atoms with Gasteiger partial charge in [0.2, 0.25) is 0 Å². The third-order valence-electron chi connectivity index (χ3n) is 5.15. The first-order valence-corrected chi connectivity index (χ1v) is 9.92. The van der Waals surface area contributed by atoms with Crippen molar-refractivity contribution in [2.45, 2.75) is 51.6 Å². The minimum Gasteiger partial charge on any atom is -0.477 e. The van der Waals surface area contributed by atoms with Crippen molar-refractivity contribution in [1.29, 1.82) is 0 Å². The van der Waals surface area contributed by atoms with E-state index in [1.165, 1.54) is 50.5 Å². The number of aromatic nitrogens is 1. The highest BCUT2D eigenvalue weighted by Gasteiger charge is 2.22. The monoisotopic (exact) mass is 398 g/mol. The van der Waals surface area contributed by atoms with E-state index in [-0.39, 0.29) is 11.5 Å². The third kappa shape index (κ3) is 5.35. The number of hydrogen-bond acceptors (Lipinski definition) is 3. The van der Waals surface area contributed by atoms with Gasteiger partial charge in [-0.2, -0.15) is 0 Å². The van der Waals surface area contributed by atoms with Gasteiger partial charge in [0.1, 0.15) is 17.3 Å². The summed E-state index contributed by atoms with van der Waals surface area (Å²) in [7, 11) is 0. The molecule has 1 aromatic carbocycles. The van der Waals surface area contributed by atoms with Crippen LogP contribution >= 0.6 is 0 Å². The highest BCUT2D eigenvalue weighted by molar-refractivity contribution is 5.95. The summed E-state index contributed by atoms with van der Waals surface area (Å²) < 4.78 is 20.0. The molecule has 1 aliphatic carbocycles. The first kappa shape index (κ1) is 20.9. The second kappa shape index (κ2) is 9.56. The highest BCUT2D eigenvalue weighted by Crippen LogP contribution is 2.30. The van der Waals surface area contributed by atoms with E-state index in [0.29, 0.717) is 23.9 Å². The van der Waals surface area contributed by atoms with Gasteiger partial charge in [0.05, 0.1) is 11.8 Å². The van der Waals surface area contributed by atoms with Gasteiger partial charge < -0.3 is 19.8 Å². The summed E-state index contributed by atoms with van der Waals surface area (Å²) in [6.07, 6.45) is 9.94. The van der Waals surface area contributed by atoms with Crippen molar-refractivity contribution in [3.05, 3.63) is 71.5 Å². The van der Waals surface area contributed by atoms with E-state index in [2.05, 4.69) is 0 Å². The van der Waals surface area contributed by atoms with Crippen molar-refractivity contribution in [3.8, 4) is 11.3 Å². The van der Waals surface area contributed by atoms with Crippen LogP contribution in [0.15, 0.2) is 53.3 Å². The molecule has 4 rings (SSSR count). The van der Waals surface area contributed by atoms with Crippen molar-refractivity contribution in [2.75, 3.05) is 0 Å². The van der Waals surface area contributed by atoms with Crippen LogP contribution < -0.4 is 5.73 Å². The Bertz CT molecular complexity index is 924. The molecule has 29 heavy (non-hydrogen) atoms. The van der Waals surface area contributed by atoms with Gasteiger partial charge in [-0.3, -0.25) is 0 Å². The van der Waals surface area contributed by atoms with Crippen molar-refractivity contribution in [1.82, 2.24) is 4.57 Å². The molecule has 0 spiro atoms. The number of rotatable bonds is 4. The zero-order valence-electron chi connectivity index (χ0n) is 16.6. The molecule has 0 aliphatic heterocycles. The van der Waals surface area contributed by atoms with Gasteiger partial charge in [-0.1, -0.05) is 31.4 Å². The maximum absolute atomic E-state index is 13.0. The lowest BCUT2D eigenvalue weighted by molar-refractivity contribution is 0.0686. The second-order valence-corrected chi connectivity index (χ2v) is 7.47. The molecule has 3 N–H and O–H groups in total. The van der Waals surface area contributed by atoms with Crippen molar-refractivity contribution in [2.24, 2.45) is 5.73 Å². The summed E-state index contributed by atoms with van der Waals surface area (Å²) in [5.41, 5.74) is 8.01. The number of aromatic carboxylic acids is 1. The van der Waals surface area contributed by atoms with Crippen LogP contribution in [0.4, 0.5) is 4.39 Å². The number of nitrogens with two attached hydrogens (primary N) is 1. The molecular formula is C23H27FN2O3. The Morgan fingerprint density at radius 3 is 2.41 bits per heavy atom. The van der Waals surface area contributed by atoms with Crippen molar-refractivity contribution < 1.29 is 18.7 Å². The lowest BCUT2D eigenvalue weighted by atomic mass is 9.97. The van der Waals surface area contributed by atoms with Crippen LogP contribution in [0.5, 0.6) is 0 Å². The van der Waals surface area contributed by atoms with Crippen molar-refractivity contribution in [3.63, 3.8) is 0 Å². The molecule has 1 saturated carbocycles. The number of halogens is 1. The van der Waals surface area contributed by atoms with Gasteiger partial charge in [0, 0.05) is 18.8 Å². The smallest absolute Gasteiger partial charge is 0.353 e. The average molecular weight is 398 g/mol. The lowest BCUT2D eigenvalue weighted by Crippen LogP contribution is -2.22. The number of furan rings is 1. The van der Waals surface area contributed by atoms with Crippen LogP contribution in [0, 0.1) is 12.7 Å². The lowest BCUT2D eigenvalue weighted by Gasteiger charge is -2.15. The molecule has 6 heteroatoms. The molecular weight excluding hydrogens is 371 g/mol. The highest BCUT2D eigenvalue weighted by atomic mass is 19.1. The molecule has 0 atom stereocenters. The Kier molecular flexibility index (Phi) is 6.88. The van der Waals surface area contributed by atoms with E-state index in [1.807, 2.05) is 6.92 Å². The summed E-state index contributed by atoms with van der Waals surface area (Å²) >= 11 is 0. The Morgan fingerprint density at radius 1 is 1.21 bits per heavy atom. The topological polar surface area (TPSA) is 81.4 Å². The summed E-state index contributed by atoms with van der Waals surface area (Å²) in [5.74, 6) is -0.823. The number of hydrogen-bond donors (Lipinski definition) is 2. The van der Waals surface area contributed by atoms with Gasteiger partial charge in [0.25, 0.3) is 0 Å². The molecule has 0 radical (unpaired) electrons. The number of nitrogens with zero attached hydrogens (tertiary/aromatic N) is 1. The van der Waals surface area contributed by atoms with Crippen LogP contribution in [-0.4, -0.2) is 21.7 Å². The van der Waals surface area contributed by atoms with E-state index in [1.54, 1.807) is 35.0 Å². The normalized spacial score (nSPS) is 14.3. The minimum atomic E-state index is -1.03. The standard InChI is InChI=1S/C17H14FNO3.C6H13N/c1-11-9-19(10-12-4-6-13(18)7-5-12)16(17(20)21)15(11)14-3-2-8-22-14;7-6-4-2-1-3-5-6/h2-9H,10H2,1H3,(H,20,21);6H,1-5,7H2. The fourth-order valence-corrected chi connectivity index (χ4v) is 3.70. The molecule has 2 heterocycles. The zero-order valence-corrected chi connectivity index (χ0v) is 16.6. The first-order chi connectivity index (χ1) is 14.0. The van der Waals surface area contributed by atoms with Gasteiger partial charge >= 0.3 is 5.97 Å². The number of carboxylic acid groups (broad SMARTS) is 1. The van der Waals surface area contributed by atoms with Crippen LogP contribution in [0.25, 0.3) is 11.3 Å². The molecule has 0 bridgehead atoms. The summed E-state index contributed by atoms with van der Waals surface area (Å²) in [4.78, 5) is 11.7. The molecule has 2 aromatic heterocycles. The Labute approximate surface area is 170 Å². The van der Waals surface area contributed by atoms with Crippen LogP contribution in [-0.2, 0) is 6.54 Å². The largest absolute Gasteiger partial charge is 0.477 e. The maximum atomic E-state index is 13.0. The molecule has 5 nitrogen and oxygen atoms in total. The minimum absolute atomic E-state index is 0.164. The molecule has 0 amide bonds. The fourth-order valence-electron chi connectivity index (χ4n) is 3.70. The fraction of sp³-hybridized carbons (Fsp3) is 0.348. The van der Waals surface area contributed by atoms with E-state index in [0.717, 1.165) is 11.1 Å². The van der Waals surface area contributed by atoms with Gasteiger partial charge in [-0.05, 0) is 55.2 Å². The van der Waals surface area contributed by atoms with Crippen LogP contribution in [0.3, 0.4) is 0 Å². The van der Waals surface area contributed by atoms with E-state index >= 15 is 0 Å². The van der Waals surface area contributed by atoms with Crippen LogP contribution in [0.1, 0.15) is 53.7 Å². The van der Waals surface area contributed by atoms with Gasteiger partial charge in [0.15, 0.2) is 0 Å². The summed E-state index contributed by atoms with van der Waals surface area (Å²) in [6, 6.07) is 9.99. The van der Waals surface area contributed by atoms with E-state index in [4.69, 9.17) is 10.2 Å². The molecule has 3 aromatic rings. The van der Waals surface area contributed by atoms with E-state index in [9.17, 15) is 14.3 Å². The quantitative estimate of drug-likeness (QED) is 0.631. The number of benzene rings is 1. The maximum Gasteiger partial charge on any atom is 0.353 e. The molecule has 0 unspecified atom stereocenters. The number of aryl methyl sites for hydroxylation is 1. The summed E-state index contributed by atoms with van der Waals surface area (Å²) in [6.45, 7) is 2.19. The zero-order chi connectivity index (χ0) is 20.8. The Morgan fingerprint density at radius 2 is 1.90 bits per heavy atom. The Hall–Kier alpha value is -2.86. The van der Waals surface area contributed by atoms with E-state index < -0.39 is 5.97 Å². The predicted molar refractivity (Wildman–Crippen MR) is 110 cm³/mol.